The topological polar surface area (TPSA) is 84.9 Å². The van der Waals surface area contributed by atoms with E-state index in [4.69, 9.17) is 9.47 Å². The zero-order chi connectivity index (χ0) is 22.6. The molecule has 0 aliphatic heterocycles. The summed E-state index contributed by atoms with van der Waals surface area (Å²) >= 11 is 0. The van der Waals surface area contributed by atoms with Crippen molar-refractivity contribution in [3.8, 4) is 11.5 Å². The van der Waals surface area contributed by atoms with E-state index >= 15 is 0 Å². The van der Waals surface area contributed by atoms with Gasteiger partial charge in [-0.1, -0.05) is 36.4 Å². The number of benzene rings is 3. The Hall–Kier alpha value is -3.26. The maximum absolute atomic E-state index is 12.9. The van der Waals surface area contributed by atoms with Crippen LogP contribution in [0.1, 0.15) is 18.5 Å². The van der Waals surface area contributed by atoms with Crippen LogP contribution in [0.25, 0.3) is 10.8 Å². The van der Waals surface area contributed by atoms with Crippen molar-refractivity contribution in [3.05, 3.63) is 66.2 Å². The highest BCUT2D eigenvalue weighted by atomic mass is 32.2. The van der Waals surface area contributed by atoms with Crippen molar-refractivity contribution in [3.63, 3.8) is 0 Å². The van der Waals surface area contributed by atoms with Crippen molar-refractivity contribution < 1.29 is 22.7 Å². The minimum Gasteiger partial charge on any atom is -0.497 e. The number of amides is 1. The lowest BCUT2D eigenvalue weighted by Gasteiger charge is -2.25. The van der Waals surface area contributed by atoms with Gasteiger partial charge in [0.1, 0.15) is 18.0 Å². The Balaban J connectivity index is 1.88. The average Bonchev–Trinajstić information content (AvgIpc) is 2.75. The van der Waals surface area contributed by atoms with Crippen molar-refractivity contribution in [1.29, 1.82) is 0 Å². The molecule has 0 bridgehead atoms. The van der Waals surface area contributed by atoms with E-state index in [0.717, 1.165) is 26.9 Å². The molecule has 8 heteroatoms. The molecule has 0 spiro atoms. The first-order valence-electron chi connectivity index (χ1n) is 9.71. The lowest BCUT2D eigenvalue weighted by molar-refractivity contribution is -0.120. The Bertz CT molecular complexity index is 1190. The maximum atomic E-state index is 12.9. The second-order valence-electron chi connectivity index (χ2n) is 7.16. The van der Waals surface area contributed by atoms with Crippen molar-refractivity contribution >= 4 is 32.4 Å². The van der Waals surface area contributed by atoms with Crippen LogP contribution in [-0.2, 0) is 14.8 Å². The van der Waals surface area contributed by atoms with Gasteiger partial charge in [0, 0.05) is 10.9 Å². The zero-order valence-corrected chi connectivity index (χ0v) is 18.8. The third-order valence-electron chi connectivity index (χ3n) is 5.00. The molecule has 0 saturated carbocycles. The molecule has 164 valence electrons. The van der Waals surface area contributed by atoms with Gasteiger partial charge in [-0.2, -0.15) is 0 Å². The van der Waals surface area contributed by atoms with Crippen LogP contribution in [0.4, 0.5) is 5.69 Å². The first-order valence-corrected chi connectivity index (χ1v) is 11.6. The van der Waals surface area contributed by atoms with Gasteiger partial charge in [0.15, 0.2) is 0 Å². The molecule has 1 amide bonds. The normalized spacial score (nSPS) is 12.3. The summed E-state index contributed by atoms with van der Waals surface area (Å²) in [7, 11) is -0.595. The number of nitrogens with zero attached hydrogens (tertiary/aromatic N) is 1. The van der Waals surface area contributed by atoms with E-state index in [-0.39, 0.29) is 6.54 Å². The Morgan fingerprint density at radius 2 is 1.74 bits per heavy atom. The molecule has 31 heavy (non-hydrogen) atoms. The molecular formula is C23H26N2O5S. The fourth-order valence-electron chi connectivity index (χ4n) is 3.48. The number of nitrogens with one attached hydrogen (secondary N) is 1. The van der Waals surface area contributed by atoms with Crippen LogP contribution in [0.2, 0.25) is 0 Å². The summed E-state index contributed by atoms with van der Waals surface area (Å²) in [5.74, 6) is 0.795. The molecule has 3 rings (SSSR count). The number of rotatable bonds is 8. The van der Waals surface area contributed by atoms with Gasteiger partial charge in [-0.3, -0.25) is 9.10 Å². The minimum absolute atomic E-state index is 0.344. The van der Waals surface area contributed by atoms with Crippen molar-refractivity contribution in [1.82, 2.24) is 5.32 Å². The van der Waals surface area contributed by atoms with Crippen LogP contribution in [0.15, 0.2) is 60.7 Å². The number of hydrogen-bond acceptors (Lipinski definition) is 5. The predicted molar refractivity (Wildman–Crippen MR) is 122 cm³/mol. The number of carbonyl (C=O) groups excluding carboxylic acids is 1. The van der Waals surface area contributed by atoms with E-state index in [1.807, 2.05) is 30.3 Å². The summed E-state index contributed by atoms with van der Waals surface area (Å²) in [6.07, 6.45) is 1.09. The molecular weight excluding hydrogens is 416 g/mol. The molecule has 1 N–H and O–H groups in total. The molecule has 0 aromatic heterocycles. The molecule has 7 nitrogen and oxygen atoms in total. The molecule has 0 fully saturated rings. The molecule has 0 saturated heterocycles. The highest BCUT2D eigenvalue weighted by Gasteiger charge is 2.24. The molecule has 0 aliphatic rings. The summed E-state index contributed by atoms with van der Waals surface area (Å²) in [6.45, 7) is 1.46. The van der Waals surface area contributed by atoms with Gasteiger partial charge in [-0.25, -0.2) is 8.42 Å². The van der Waals surface area contributed by atoms with Crippen LogP contribution in [0, 0.1) is 0 Å². The first-order chi connectivity index (χ1) is 14.7. The Morgan fingerprint density at radius 3 is 2.42 bits per heavy atom. The van der Waals surface area contributed by atoms with Crippen molar-refractivity contribution in [2.24, 2.45) is 0 Å². The molecule has 3 aromatic carbocycles. The third-order valence-corrected chi connectivity index (χ3v) is 6.13. The quantitative estimate of drug-likeness (QED) is 0.577. The van der Waals surface area contributed by atoms with Crippen LogP contribution in [0.5, 0.6) is 11.5 Å². The van der Waals surface area contributed by atoms with Gasteiger partial charge in [0.05, 0.1) is 32.2 Å². The highest BCUT2D eigenvalue weighted by Crippen LogP contribution is 2.30. The minimum atomic E-state index is -3.70. The highest BCUT2D eigenvalue weighted by molar-refractivity contribution is 7.92. The largest absolute Gasteiger partial charge is 0.497 e. The first kappa shape index (κ1) is 22.4. The van der Waals surface area contributed by atoms with Crippen LogP contribution < -0.4 is 19.1 Å². The molecule has 1 atom stereocenters. The van der Waals surface area contributed by atoms with Crippen molar-refractivity contribution in [2.75, 3.05) is 31.3 Å². The van der Waals surface area contributed by atoms with Crippen molar-refractivity contribution in [2.45, 2.75) is 13.0 Å². The number of hydrogen-bond donors (Lipinski definition) is 1. The zero-order valence-electron chi connectivity index (χ0n) is 18.0. The summed E-state index contributed by atoms with van der Waals surface area (Å²) in [6, 6.07) is 17.7. The average molecular weight is 443 g/mol. The third kappa shape index (κ3) is 5.08. The summed E-state index contributed by atoms with van der Waals surface area (Å²) < 4.78 is 36.9. The maximum Gasteiger partial charge on any atom is 0.241 e. The van der Waals surface area contributed by atoms with Gasteiger partial charge < -0.3 is 14.8 Å². The van der Waals surface area contributed by atoms with E-state index in [9.17, 15) is 13.2 Å². The number of sulfonamides is 1. The van der Waals surface area contributed by atoms with Gasteiger partial charge in [-0.15, -0.1) is 0 Å². The van der Waals surface area contributed by atoms with E-state index in [1.165, 1.54) is 0 Å². The molecule has 0 aliphatic carbocycles. The summed E-state index contributed by atoms with van der Waals surface area (Å²) in [5, 5.41) is 4.51. The smallest absolute Gasteiger partial charge is 0.241 e. The second-order valence-corrected chi connectivity index (χ2v) is 9.07. The number of ether oxygens (including phenoxy) is 2. The van der Waals surface area contributed by atoms with Crippen LogP contribution >= 0.6 is 0 Å². The number of anilines is 1. The fourth-order valence-corrected chi connectivity index (χ4v) is 4.35. The standard InChI is InChI=1S/C23H26N2O5S/c1-16(20-14-18(29-2)12-13-22(20)30-3)24-23(26)15-25(31(4,27)28)21-11-7-9-17-8-5-6-10-19(17)21/h5-14,16H,15H2,1-4H3,(H,24,26). The van der Waals surface area contributed by atoms with Gasteiger partial charge >= 0.3 is 0 Å². The molecule has 3 aromatic rings. The van der Waals surface area contributed by atoms with Gasteiger partial charge in [0.25, 0.3) is 0 Å². The predicted octanol–water partition coefficient (Wildman–Crippen LogP) is 3.50. The Labute approximate surface area is 182 Å². The second kappa shape index (κ2) is 9.26. The molecule has 0 radical (unpaired) electrons. The van der Waals surface area contributed by atoms with Crippen LogP contribution in [-0.4, -0.2) is 41.3 Å². The summed E-state index contributed by atoms with van der Waals surface area (Å²) in [4.78, 5) is 12.9. The van der Waals surface area contributed by atoms with Crippen LogP contribution in [0.3, 0.4) is 0 Å². The van der Waals surface area contributed by atoms with Gasteiger partial charge in [0.2, 0.25) is 15.9 Å². The SMILES string of the molecule is COc1ccc(OC)c(C(C)NC(=O)CN(c2cccc3ccccc23)S(C)(=O)=O)c1. The van der Waals surface area contributed by atoms with E-state index < -0.39 is 22.0 Å². The Kier molecular flexibility index (Phi) is 6.70. The Morgan fingerprint density at radius 1 is 1.03 bits per heavy atom. The van der Waals surface area contributed by atoms with E-state index in [2.05, 4.69) is 5.32 Å². The monoisotopic (exact) mass is 442 g/mol. The lowest BCUT2D eigenvalue weighted by Crippen LogP contribution is -2.41. The molecule has 1 unspecified atom stereocenters. The van der Waals surface area contributed by atoms with E-state index in [1.54, 1.807) is 51.5 Å². The lowest BCUT2D eigenvalue weighted by atomic mass is 10.1. The fraction of sp³-hybridized carbons (Fsp3) is 0.261. The summed E-state index contributed by atoms with van der Waals surface area (Å²) in [5.41, 5.74) is 1.19. The number of fused-ring (bicyclic) bond motifs is 1. The van der Waals surface area contributed by atoms with Gasteiger partial charge in [-0.05, 0) is 36.6 Å². The van der Waals surface area contributed by atoms with E-state index in [0.29, 0.717) is 17.2 Å². The number of methoxy groups -OCH3 is 2. The molecule has 0 heterocycles. The number of carbonyl (C=O) groups is 1.